The molecule has 0 fully saturated rings. The van der Waals surface area contributed by atoms with Gasteiger partial charge in [-0.1, -0.05) is 12.1 Å². The van der Waals surface area contributed by atoms with Crippen LogP contribution in [0.15, 0.2) is 36.4 Å². The van der Waals surface area contributed by atoms with Gasteiger partial charge in [0.2, 0.25) is 5.91 Å². The summed E-state index contributed by atoms with van der Waals surface area (Å²) in [6.07, 6.45) is 1.95. The minimum atomic E-state index is -0.837. The van der Waals surface area contributed by atoms with Gasteiger partial charge in [0.1, 0.15) is 0 Å². The van der Waals surface area contributed by atoms with Crippen LogP contribution in [0.1, 0.15) is 20.3 Å². The van der Waals surface area contributed by atoms with Crippen molar-refractivity contribution in [1.82, 2.24) is 0 Å². The fourth-order valence-corrected chi connectivity index (χ4v) is 2.54. The van der Waals surface area contributed by atoms with Gasteiger partial charge in [-0.3, -0.25) is 9.59 Å². The lowest BCUT2D eigenvalue weighted by molar-refractivity contribution is -0.143. The maximum Gasteiger partial charge on any atom is 0.331 e. The molecule has 0 unspecified atom stereocenters. The van der Waals surface area contributed by atoms with E-state index in [4.69, 9.17) is 4.74 Å². The molecule has 1 heterocycles. The van der Waals surface area contributed by atoms with Gasteiger partial charge < -0.3 is 19.7 Å². The van der Waals surface area contributed by atoms with Gasteiger partial charge in [0.15, 0.2) is 6.61 Å². The summed E-state index contributed by atoms with van der Waals surface area (Å²) in [5, 5.41) is 2.74. The number of carbonyl (C=O) groups is 4. The van der Waals surface area contributed by atoms with E-state index < -0.39 is 30.5 Å². The topological polar surface area (TPSA) is 102 Å². The van der Waals surface area contributed by atoms with E-state index in [1.807, 2.05) is 0 Å². The Morgan fingerprint density at radius 3 is 2.54 bits per heavy atom. The summed E-state index contributed by atoms with van der Waals surface area (Å²) in [7, 11) is 0. The molecule has 8 nitrogen and oxygen atoms in total. The molecule has 2 rings (SSSR count). The van der Waals surface area contributed by atoms with E-state index in [2.05, 4.69) is 10.1 Å². The lowest BCUT2D eigenvalue weighted by atomic mass is 10.1. The molecule has 26 heavy (non-hydrogen) atoms. The molecule has 0 spiro atoms. The SMILES string of the molecule is CCOC(=O)/C=C/C(=O)OCC(=O)N1c2ccccc2NC(=O)C[C@H]1C. The number of nitrogens with zero attached hydrogens (tertiary/aromatic N) is 1. The second-order valence-electron chi connectivity index (χ2n) is 5.58. The van der Waals surface area contributed by atoms with Crippen LogP contribution < -0.4 is 10.2 Å². The highest BCUT2D eigenvalue weighted by atomic mass is 16.5. The average Bonchev–Trinajstić information content (AvgIpc) is 2.72. The lowest BCUT2D eigenvalue weighted by Gasteiger charge is -2.27. The van der Waals surface area contributed by atoms with Gasteiger partial charge in [-0.25, -0.2) is 9.59 Å². The van der Waals surface area contributed by atoms with Gasteiger partial charge in [0.05, 0.1) is 18.0 Å². The van der Waals surface area contributed by atoms with E-state index in [9.17, 15) is 19.2 Å². The third-order valence-electron chi connectivity index (χ3n) is 3.61. The number of anilines is 2. The normalized spacial score (nSPS) is 16.5. The Bertz CT molecular complexity index is 743. The van der Waals surface area contributed by atoms with E-state index in [-0.39, 0.29) is 18.9 Å². The van der Waals surface area contributed by atoms with Gasteiger partial charge in [-0.05, 0) is 26.0 Å². The molecule has 1 N–H and O–H groups in total. The minimum Gasteiger partial charge on any atom is -0.463 e. The summed E-state index contributed by atoms with van der Waals surface area (Å²) in [6.45, 7) is 3.05. The monoisotopic (exact) mass is 360 g/mol. The van der Waals surface area contributed by atoms with Gasteiger partial charge in [0.25, 0.3) is 5.91 Å². The molecule has 0 radical (unpaired) electrons. The van der Waals surface area contributed by atoms with Crippen LogP contribution in [0.5, 0.6) is 0 Å². The minimum absolute atomic E-state index is 0.122. The second-order valence-corrected chi connectivity index (χ2v) is 5.58. The van der Waals surface area contributed by atoms with Crippen molar-refractivity contribution in [2.75, 3.05) is 23.4 Å². The number of para-hydroxylation sites is 2. The maximum absolute atomic E-state index is 12.6. The molecule has 1 aliphatic rings. The Kier molecular flexibility index (Phi) is 6.48. The molecule has 0 bridgehead atoms. The molecular weight excluding hydrogens is 340 g/mol. The number of benzene rings is 1. The molecule has 0 aliphatic carbocycles. The number of rotatable bonds is 5. The standard InChI is InChI=1S/C18H20N2O6/c1-3-25-17(23)8-9-18(24)26-11-16(22)20-12(2)10-15(21)19-13-6-4-5-7-14(13)20/h4-9,12H,3,10-11H2,1-2H3,(H,19,21)/b9-8+/t12-/m1/s1. The molecule has 1 aromatic rings. The highest BCUT2D eigenvalue weighted by Gasteiger charge is 2.29. The highest BCUT2D eigenvalue weighted by molar-refractivity contribution is 6.05. The molecule has 8 heteroatoms. The Morgan fingerprint density at radius 2 is 1.85 bits per heavy atom. The molecule has 0 saturated carbocycles. The van der Waals surface area contributed by atoms with E-state index in [0.29, 0.717) is 11.4 Å². The Balaban J connectivity index is 2.05. The number of carbonyl (C=O) groups excluding carboxylic acids is 4. The summed E-state index contributed by atoms with van der Waals surface area (Å²) in [4.78, 5) is 48.7. The van der Waals surface area contributed by atoms with Crippen molar-refractivity contribution < 1.29 is 28.7 Å². The van der Waals surface area contributed by atoms with E-state index in [1.165, 1.54) is 4.90 Å². The first-order valence-electron chi connectivity index (χ1n) is 8.15. The van der Waals surface area contributed by atoms with Crippen molar-refractivity contribution in [3.05, 3.63) is 36.4 Å². The van der Waals surface area contributed by atoms with Crippen LogP contribution in [0.25, 0.3) is 0 Å². The van der Waals surface area contributed by atoms with Gasteiger partial charge >= 0.3 is 11.9 Å². The van der Waals surface area contributed by atoms with Gasteiger partial charge in [0, 0.05) is 24.6 Å². The predicted molar refractivity (Wildman–Crippen MR) is 93.4 cm³/mol. The molecule has 0 saturated heterocycles. The van der Waals surface area contributed by atoms with Crippen molar-refractivity contribution in [1.29, 1.82) is 0 Å². The van der Waals surface area contributed by atoms with Gasteiger partial charge in [-0.2, -0.15) is 0 Å². The molecule has 1 atom stereocenters. The molecule has 2 amide bonds. The number of hydrogen-bond donors (Lipinski definition) is 1. The van der Waals surface area contributed by atoms with Gasteiger partial charge in [-0.15, -0.1) is 0 Å². The molecule has 1 aromatic carbocycles. The summed E-state index contributed by atoms with van der Waals surface area (Å²) < 4.78 is 9.53. The maximum atomic E-state index is 12.6. The van der Waals surface area contributed by atoms with E-state index in [1.54, 1.807) is 38.1 Å². The average molecular weight is 360 g/mol. The third-order valence-corrected chi connectivity index (χ3v) is 3.61. The van der Waals surface area contributed by atoms with Crippen LogP contribution in [0.4, 0.5) is 11.4 Å². The first-order valence-corrected chi connectivity index (χ1v) is 8.15. The number of ether oxygens (including phenoxy) is 2. The largest absolute Gasteiger partial charge is 0.463 e. The zero-order chi connectivity index (χ0) is 19.1. The van der Waals surface area contributed by atoms with E-state index >= 15 is 0 Å². The zero-order valence-electron chi connectivity index (χ0n) is 14.6. The summed E-state index contributed by atoms with van der Waals surface area (Å²) in [5.41, 5.74) is 1.05. The number of hydrogen-bond acceptors (Lipinski definition) is 6. The smallest absolute Gasteiger partial charge is 0.331 e. The van der Waals surface area contributed by atoms with Crippen molar-refractivity contribution in [2.45, 2.75) is 26.3 Å². The zero-order valence-corrected chi connectivity index (χ0v) is 14.6. The molecule has 0 aromatic heterocycles. The fraction of sp³-hybridized carbons (Fsp3) is 0.333. The van der Waals surface area contributed by atoms with Crippen LogP contribution in [0.3, 0.4) is 0 Å². The lowest BCUT2D eigenvalue weighted by Crippen LogP contribution is -2.41. The van der Waals surface area contributed by atoms with Crippen LogP contribution in [-0.4, -0.2) is 43.0 Å². The summed E-state index contributed by atoms with van der Waals surface area (Å²) >= 11 is 0. The van der Waals surface area contributed by atoms with Crippen LogP contribution in [-0.2, 0) is 28.7 Å². The summed E-state index contributed by atoms with van der Waals surface area (Å²) in [5.74, 6) is -2.18. The van der Waals surface area contributed by atoms with E-state index in [0.717, 1.165) is 12.2 Å². The number of esters is 2. The van der Waals surface area contributed by atoms with Crippen molar-refractivity contribution >= 4 is 35.1 Å². The van der Waals surface area contributed by atoms with Crippen molar-refractivity contribution in [3.63, 3.8) is 0 Å². The number of amides is 2. The molecule has 138 valence electrons. The first kappa shape index (κ1) is 19.2. The van der Waals surface area contributed by atoms with Crippen LogP contribution in [0.2, 0.25) is 0 Å². The van der Waals surface area contributed by atoms with Crippen LogP contribution >= 0.6 is 0 Å². The van der Waals surface area contributed by atoms with Crippen molar-refractivity contribution in [2.24, 2.45) is 0 Å². The highest BCUT2D eigenvalue weighted by Crippen LogP contribution is 2.31. The third kappa shape index (κ3) is 4.92. The Morgan fingerprint density at radius 1 is 1.19 bits per heavy atom. The fourth-order valence-electron chi connectivity index (χ4n) is 2.54. The van der Waals surface area contributed by atoms with Crippen LogP contribution in [0, 0.1) is 0 Å². The summed E-state index contributed by atoms with van der Waals surface area (Å²) in [6, 6.07) is 6.49. The first-order chi connectivity index (χ1) is 12.4. The number of nitrogens with one attached hydrogen (secondary N) is 1. The predicted octanol–water partition coefficient (Wildman–Crippen LogP) is 1.41. The Labute approximate surface area is 150 Å². The second kappa shape index (κ2) is 8.80. The number of fused-ring (bicyclic) bond motifs is 1. The van der Waals surface area contributed by atoms with Crippen molar-refractivity contribution in [3.8, 4) is 0 Å². The molecule has 1 aliphatic heterocycles. The quantitative estimate of drug-likeness (QED) is 0.629. The molecular formula is C18H20N2O6. The Hall–Kier alpha value is -3.16.